The summed E-state index contributed by atoms with van der Waals surface area (Å²) in [4.78, 5) is 21.9. The minimum Gasteiger partial charge on any atom is -0.368 e. The monoisotopic (exact) mass is 403 g/mol. The predicted molar refractivity (Wildman–Crippen MR) is 106 cm³/mol. The number of thiophene rings is 1. The molecule has 6 nitrogen and oxygen atoms in total. The Kier molecular flexibility index (Phi) is 5.40. The minimum absolute atomic E-state index is 0.0845. The number of H-pyrrole nitrogens is 1. The normalized spacial score (nSPS) is 14.6. The number of amides is 1. The highest BCUT2D eigenvalue weighted by molar-refractivity contribution is 7.99. The van der Waals surface area contributed by atoms with Crippen molar-refractivity contribution in [2.75, 3.05) is 36.8 Å². The Morgan fingerprint density at radius 1 is 1.19 bits per heavy atom. The number of rotatable bonds is 5. The van der Waals surface area contributed by atoms with E-state index in [0.29, 0.717) is 24.0 Å². The number of aromatic amines is 1. The summed E-state index contributed by atoms with van der Waals surface area (Å²) in [6.45, 7) is 2.80. The van der Waals surface area contributed by atoms with Gasteiger partial charge in [0.1, 0.15) is 5.82 Å². The average molecular weight is 404 g/mol. The van der Waals surface area contributed by atoms with Crippen LogP contribution >= 0.6 is 23.1 Å². The molecule has 1 saturated heterocycles. The topological polar surface area (TPSA) is 65.1 Å². The maximum Gasteiger partial charge on any atom is 0.233 e. The molecule has 1 aliphatic heterocycles. The van der Waals surface area contributed by atoms with E-state index >= 15 is 0 Å². The third kappa shape index (κ3) is 4.30. The van der Waals surface area contributed by atoms with Gasteiger partial charge in [0.25, 0.3) is 0 Å². The number of carbonyl (C=O) groups is 1. The number of aromatic nitrogens is 3. The molecular weight excluding hydrogens is 385 g/mol. The van der Waals surface area contributed by atoms with Crippen molar-refractivity contribution in [3.05, 3.63) is 47.6 Å². The molecule has 1 N–H and O–H groups in total. The number of hydrogen-bond acceptors (Lipinski definition) is 6. The Bertz CT molecular complexity index is 889. The van der Waals surface area contributed by atoms with E-state index in [1.165, 1.54) is 23.9 Å². The molecule has 2 aromatic heterocycles. The van der Waals surface area contributed by atoms with Crippen LogP contribution in [0.4, 0.5) is 10.1 Å². The first-order valence-electron chi connectivity index (χ1n) is 8.56. The molecule has 0 spiro atoms. The van der Waals surface area contributed by atoms with E-state index in [2.05, 4.69) is 20.1 Å². The Morgan fingerprint density at radius 2 is 1.96 bits per heavy atom. The number of carbonyl (C=O) groups excluding carboxylic acids is 1. The first-order chi connectivity index (χ1) is 13.2. The van der Waals surface area contributed by atoms with Crippen LogP contribution in [0.15, 0.2) is 46.9 Å². The molecule has 4 rings (SSSR count). The number of benzene rings is 1. The average Bonchev–Trinajstić information content (AvgIpc) is 3.38. The van der Waals surface area contributed by atoms with Crippen LogP contribution < -0.4 is 4.90 Å². The number of hydrogen-bond donors (Lipinski definition) is 1. The summed E-state index contributed by atoms with van der Waals surface area (Å²) in [6, 6.07) is 10.4. The summed E-state index contributed by atoms with van der Waals surface area (Å²) < 4.78 is 13.0. The van der Waals surface area contributed by atoms with Crippen molar-refractivity contribution < 1.29 is 9.18 Å². The Labute approximate surface area is 164 Å². The van der Waals surface area contributed by atoms with E-state index in [9.17, 15) is 9.18 Å². The standard InChI is InChI=1S/C18H18FN5OS2/c19-13-3-5-14(6-4-13)23-7-9-24(10-8-23)16(25)12-27-18-20-17(21-22-18)15-2-1-11-26-15/h1-6,11H,7-10,12H2,(H,20,21,22). The zero-order valence-corrected chi connectivity index (χ0v) is 16.1. The molecule has 0 atom stereocenters. The zero-order chi connectivity index (χ0) is 18.6. The van der Waals surface area contributed by atoms with Crippen LogP contribution in [0.1, 0.15) is 0 Å². The lowest BCUT2D eigenvalue weighted by Gasteiger charge is -2.36. The Hall–Kier alpha value is -2.39. The smallest absolute Gasteiger partial charge is 0.233 e. The van der Waals surface area contributed by atoms with Gasteiger partial charge in [-0.05, 0) is 35.7 Å². The fourth-order valence-corrected chi connectivity index (χ4v) is 4.28. The molecule has 3 heterocycles. The van der Waals surface area contributed by atoms with E-state index in [1.807, 2.05) is 22.4 Å². The second-order valence-electron chi connectivity index (χ2n) is 6.08. The van der Waals surface area contributed by atoms with Crippen LogP contribution in [0.5, 0.6) is 0 Å². The lowest BCUT2D eigenvalue weighted by Crippen LogP contribution is -2.49. The highest BCUT2D eigenvalue weighted by Crippen LogP contribution is 2.23. The molecule has 0 bridgehead atoms. The van der Waals surface area contributed by atoms with Gasteiger partial charge >= 0.3 is 0 Å². The molecule has 0 saturated carbocycles. The van der Waals surface area contributed by atoms with E-state index in [1.54, 1.807) is 23.5 Å². The summed E-state index contributed by atoms with van der Waals surface area (Å²) in [5.74, 6) is 0.894. The molecule has 9 heteroatoms. The largest absolute Gasteiger partial charge is 0.368 e. The van der Waals surface area contributed by atoms with Gasteiger partial charge in [-0.1, -0.05) is 17.8 Å². The molecule has 0 radical (unpaired) electrons. The van der Waals surface area contributed by atoms with Crippen LogP contribution in [-0.2, 0) is 4.79 Å². The maximum atomic E-state index is 13.0. The van der Waals surface area contributed by atoms with Gasteiger partial charge in [-0.25, -0.2) is 9.37 Å². The fourth-order valence-electron chi connectivity index (χ4n) is 2.92. The van der Waals surface area contributed by atoms with E-state index < -0.39 is 0 Å². The van der Waals surface area contributed by atoms with Gasteiger partial charge in [0.15, 0.2) is 5.82 Å². The number of halogens is 1. The number of nitrogens with zero attached hydrogens (tertiary/aromatic N) is 4. The lowest BCUT2D eigenvalue weighted by atomic mass is 10.2. The lowest BCUT2D eigenvalue weighted by molar-refractivity contribution is -0.128. The maximum absolute atomic E-state index is 13.0. The molecule has 0 aliphatic carbocycles. The predicted octanol–water partition coefficient (Wildman–Crippen LogP) is 3.11. The van der Waals surface area contributed by atoms with Crippen LogP contribution in [-0.4, -0.2) is 57.9 Å². The van der Waals surface area contributed by atoms with E-state index in [-0.39, 0.29) is 11.7 Å². The Balaban J connectivity index is 1.27. The van der Waals surface area contributed by atoms with Crippen LogP contribution in [0, 0.1) is 5.82 Å². The van der Waals surface area contributed by atoms with Gasteiger partial charge in [0.05, 0.1) is 10.6 Å². The summed E-state index contributed by atoms with van der Waals surface area (Å²) >= 11 is 2.94. The van der Waals surface area contributed by atoms with Crippen LogP contribution in [0.2, 0.25) is 0 Å². The molecule has 27 heavy (non-hydrogen) atoms. The number of anilines is 1. The van der Waals surface area contributed by atoms with Crippen LogP contribution in [0.25, 0.3) is 10.7 Å². The second-order valence-corrected chi connectivity index (χ2v) is 7.97. The third-order valence-corrected chi connectivity index (χ3v) is 6.08. The van der Waals surface area contributed by atoms with Gasteiger partial charge in [-0.15, -0.1) is 16.4 Å². The van der Waals surface area contributed by atoms with Crippen molar-refractivity contribution in [3.8, 4) is 10.7 Å². The van der Waals surface area contributed by atoms with Crippen molar-refractivity contribution in [2.45, 2.75) is 5.16 Å². The van der Waals surface area contributed by atoms with E-state index in [4.69, 9.17) is 0 Å². The number of piperazine rings is 1. The molecular formula is C18H18FN5OS2. The molecule has 1 aromatic carbocycles. The summed E-state index contributed by atoms with van der Waals surface area (Å²) in [7, 11) is 0. The summed E-state index contributed by atoms with van der Waals surface area (Å²) in [5, 5.41) is 9.65. The van der Waals surface area contributed by atoms with Gasteiger partial charge in [-0.2, -0.15) is 0 Å². The SMILES string of the molecule is O=C(CSc1n[nH]c(-c2cccs2)n1)N1CCN(c2ccc(F)cc2)CC1. The third-order valence-electron chi connectivity index (χ3n) is 4.37. The van der Waals surface area contributed by atoms with Crippen molar-refractivity contribution in [2.24, 2.45) is 0 Å². The molecule has 140 valence electrons. The quantitative estimate of drug-likeness (QED) is 0.663. The minimum atomic E-state index is -0.237. The number of thioether (sulfide) groups is 1. The van der Waals surface area contributed by atoms with Crippen molar-refractivity contribution in [1.29, 1.82) is 0 Å². The van der Waals surface area contributed by atoms with Crippen molar-refractivity contribution >= 4 is 34.7 Å². The van der Waals surface area contributed by atoms with E-state index in [0.717, 1.165) is 29.5 Å². The molecule has 0 unspecified atom stereocenters. The van der Waals surface area contributed by atoms with Crippen molar-refractivity contribution in [1.82, 2.24) is 20.1 Å². The first kappa shape index (κ1) is 18.0. The first-order valence-corrected chi connectivity index (χ1v) is 10.4. The summed E-state index contributed by atoms with van der Waals surface area (Å²) in [6.07, 6.45) is 0. The Morgan fingerprint density at radius 3 is 2.67 bits per heavy atom. The number of nitrogens with one attached hydrogen (secondary N) is 1. The molecule has 1 aliphatic rings. The highest BCUT2D eigenvalue weighted by atomic mass is 32.2. The fraction of sp³-hybridized carbons (Fsp3) is 0.278. The zero-order valence-electron chi connectivity index (χ0n) is 14.5. The molecule has 1 amide bonds. The van der Waals surface area contributed by atoms with Gasteiger partial charge < -0.3 is 9.80 Å². The molecule has 3 aromatic rings. The van der Waals surface area contributed by atoms with Crippen LogP contribution in [0.3, 0.4) is 0 Å². The van der Waals surface area contributed by atoms with Crippen molar-refractivity contribution in [3.63, 3.8) is 0 Å². The van der Waals surface area contributed by atoms with Gasteiger partial charge in [0, 0.05) is 31.9 Å². The van der Waals surface area contributed by atoms with Gasteiger partial charge in [-0.3, -0.25) is 9.89 Å². The van der Waals surface area contributed by atoms with Gasteiger partial charge in [0.2, 0.25) is 11.1 Å². The molecule has 1 fully saturated rings. The summed E-state index contributed by atoms with van der Waals surface area (Å²) in [5.41, 5.74) is 0.986. The highest BCUT2D eigenvalue weighted by Gasteiger charge is 2.22. The second kappa shape index (κ2) is 8.10.